The van der Waals surface area contributed by atoms with E-state index in [1.165, 1.54) is 4.90 Å². The van der Waals surface area contributed by atoms with Crippen molar-refractivity contribution in [2.45, 2.75) is 38.5 Å². The van der Waals surface area contributed by atoms with E-state index in [1.807, 2.05) is 30.3 Å². The molecule has 5 heteroatoms. The average molecular weight is 300 g/mol. The molecule has 0 unspecified atom stereocenters. The quantitative estimate of drug-likeness (QED) is 0.821. The molecular formula is C16H23F3N2. The van der Waals surface area contributed by atoms with Gasteiger partial charge in [-0.05, 0) is 26.3 Å². The highest BCUT2D eigenvalue weighted by Crippen LogP contribution is 2.32. The Morgan fingerprint density at radius 3 is 2.19 bits per heavy atom. The maximum absolute atomic E-state index is 12.6. The molecule has 2 nitrogen and oxygen atoms in total. The minimum Gasteiger partial charge on any atom is -0.292 e. The Bertz CT molecular complexity index is 451. The third-order valence-corrected chi connectivity index (χ3v) is 3.91. The fourth-order valence-electron chi connectivity index (χ4n) is 3.00. The number of benzene rings is 1. The summed E-state index contributed by atoms with van der Waals surface area (Å²) in [6.45, 7) is 7.04. The van der Waals surface area contributed by atoms with Gasteiger partial charge in [-0.1, -0.05) is 30.3 Å². The Labute approximate surface area is 124 Å². The molecule has 0 aliphatic carbocycles. The Balaban J connectivity index is 2.20. The molecule has 1 aromatic rings. The molecule has 1 aliphatic rings. The van der Waals surface area contributed by atoms with E-state index in [-0.39, 0.29) is 11.6 Å². The molecule has 0 N–H and O–H groups in total. The SMILES string of the molecule is CC(C)(C)N1CCN(CC(F)(F)F)C[C@H]1c1ccccc1. The van der Waals surface area contributed by atoms with Gasteiger partial charge in [0, 0.05) is 31.2 Å². The lowest BCUT2D eigenvalue weighted by molar-refractivity contribution is -0.154. The first-order valence-corrected chi connectivity index (χ1v) is 7.27. The van der Waals surface area contributed by atoms with E-state index < -0.39 is 12.7 Å². The standard InChI is InChI=1S/C16H23F3N2/c1-15(2,3)21-10-9-20(12-16(17,18)19)11-14(21)13-7-5-4-6-8-13/h4-8,14H,9-12H2,1-3H3/t14-/m0/s1. The van der Waals surface area contributed by atoms with Crippen molar-refractivity contribution in [3.8, 4) is 0 Å². The number of hydrogen-bond acceptors (Lipinski definition) is 2. The molecule has 118 valence electrons. The third-order valence-electron chi connectivity index (χ3n) is 3.91. The number of halogens is 3. The first-order chi connectivity index (χ1) is 9.67. The molecular weight excluding hydrogens is 277 g/mol. The lowest BCUT2D eigenvalue weighted by Crippen LogP contribution is -2.56. The molecule has 1 aliphatic heterocycles. The summed E-state index contributed by atoms with van der Waals surface area (Å²) in [7, 11) is 0. The summed E-state index contributed by atoms with van der Waals surface area (Å²) in [6.07, 6.45) is -4.13. The van der Waals surface area contributed by atoms with Gasteiger partial charge in [0.1, 0.15) is 0 Å². The van der Waals surface area contributed by atoms with Crippen molar-refractivity contribution in [2.24, 2.45) is 0 Å². The Morgan fingerprint density at radius 1 is 1.05 bits per heavy atom. The van der Waals surface area contributed by atoms with E-state index in [2.05, 4.69) is 25.7 Å². The lowest BCUT2D eigenvalue weighted by Gasteiger charge is -2.48. The summed E-state index contributed by atoms with van der Waals surface area (Å²) in [5, 5.41) is 0. The van der Waals surface area contributed by atoms with Crippen LogP contribution >= 0.6 is 0 Å². The minimum absolute atomic E-state index is 0.00213. The van der Waals surface area contributed by atoms with Crippen molar-refractivity contribution < 1.29 is 13.2 Å². The molecule has 0 aromatic heterocycles. The van der Waals surface area contributed by atoms with E-state index in [1.54, 1.807) is 0 Å². The van der Waals surface area contributed by atoms with Crippen LogP contribution in [-0.2, 0) is 0 Å². The van der Waals surface area contributed by atoms with Crippen LogP contribution in [0, 0.1) is 0 Å². The maximum atomic E-state index is 12.6. The molecule has 1 heterocycles. The average Bonchev–Trinajstić information content (AvgIpc) is 2.36. The van der Waals surface area contributed by atoms with Crippen LogP contribution in [0.4, 0.5) is 13.2 Å². The van der Waals surface area contributed by atoms with E-state index in [9.17, 15) is 13.2 Å². The third kappa shape index (κ3) is 4.45. The van der Waals surface area contributed by atoms with Gasteiger partial charge in [0.15, 0.2) is 0 Å². The van der Waals surface area contributed by atoms with Crippen molar-refractivity contribution in [1.29, 1.82) is 0 Å². The zero-order valence-electron chi connectivity index (χ0n) is 12.8. The predicted molar refractivity (Wildman–Crippen MR) is 78.1 cm³/mol. The van der Waals surface area contributed by atoms with E-state index in [4.69, 9.17) is 0 Å². The first-order valence-electron chi connectivity index (χ1n) is 7.27. The van der Waals surface area contributed by atoms with Gasteiger partial charge in [-0.2, -0.15) is 13.2 Å². The Kier molecular flexibility index (Phi) is 4.63. The number of hydrogen-bond donors (Lipinski definition) is 0. The number of piperazine rings is 1. The van der Waals surface area contributed by atoms with Gasteiger partial charge < -0.3 is 0 Å². The van der Waals surface area contributed by atoms with Gasteiger partial charge in [0.2, 0.25) is 0 Å². The maximum Gasteiger partial charge on any atom is 0.401 e. The van der Waals surface area contributed by atoms with Crippen LogP contribution in [0.5, 0.6) is 0 Å². The molecule has 21 heavy (non-hydrogen) atoms. The van der Waals surface area contributed by atoms with Gasteiger partial charge in [-0.25, -0.2) is 0 Å². The van der Waals surface area contributed by atoms with Gasteiger partial charge >= 0.3 is 6.18 Å². The van der Waals surface area contributed by atoms with Crippen molar-refractivity contribution >= 4 is 0 Å². The molecule has 1 aromatic carbocycles. The Morgan fingerprint density at radius 2 is 1.67 bits per heavy atom. The monoisotopic (exact) mass is 300 g/mol. The Hall–Kier alpha value is -1.07. The van der Waals surface area contributed by atoms with E-state index in [0.29, 0.717) is 19.6 Å². The summed E-state index contributed by atoms with van der Waals surface area (Å²) >= 11 is 0. The van der Waals surface area contributed by atoms with Gasteiger partial charge in [0.05, 0.1) is 6.54 Å². The second kappa shape index (κ2) is 5.97. The summed E-state index contributed by atoms with van der Waals surface area (Å²) in [6, 6.07) is 9.82. The van der Waals surface area contributed by atoms with E-state index in [0.717, 1.165) is 5.56 Å². The van der Waals surface area contributed by atoms with Crippen LogP contribution in [0.3, 0.4) is 0 Å². The molecule has 0 amide bonds. The normalized spacial score (nSPS) is 22.5. The van der Waals surface area contributed by atoms with Crippen LogP contribution < -0.4 is 0 Å². The zero-order valence-corrected chi connectivity index (χ0v) is 12.8. The highest BCUT2D eigenvalue weighted by molar-refractivity contribution is 5.21. The fourth-order valence-corrected chi connectivity index (χ4v) is 3.00. The summed E-state index contributed by atoms with van der Waals surface area (Å²) in [5.74, 6) is 0. The van der Waals surface area contributed by atoms with Crippen LogP contribution in [0.1, 0.15) is 32.4 Å². The molecule has 2 rings (SSSR count). The summed E-state index contributed by atoms with van der Waals surface area (Å²) < 4.78 is 37.9. The smallest absolute Gasteiger partial charge is 0.292 e. The molecule has 0 saturated carbocycles. The van der Waals surface area contributed by atoms with Crippen molar-refractivity contribution in [3.05, 3.63) is 35.9 Å². The molecule has 1 fully saturated rings. The first kappa shape index (κ1) is 16.3. The molecule has 1 saturated heterocycles. The van der Waals surface area contributed by atoms with Crippen LogP contribution in [0.2, 0.25) is 0 Å². The molecule has 0 bridgehead atoms. The van der Waals surface area contributed by atoms with Crippen LogP contribution in [-0.4, -0.2) is 47.7 Å². The van der Waals surface area contributed by atoms with Crippen LogP contribution in [0.15, 0.2) is 30.3 Å². The van der Waals surface area contributed by atoms with Gasteiger partial charge in [-0.3, -0.25) is 9.80 Å². The largest absolute Gasteiger partial charge is 0.401 e. The van der Waals surface area contributed by atoms with Crippen LogP contribution in [0.25, 0.3) is 0 Å². The van der Waals surface area contributed by atoms with Gasteiger partial charge in [-0.15, -0.1) is 0 Å². The van der Waals surface area contributed by atoms with Crippen molar-refractivity contribution in [2.75, 3.05) is 26.2 Å². The molecule has 1 atom stereocenters. The molecule has 0 radical (unpaired) electrons. The van der Waals surface area contributed by atoms with Crippen molar-refractivity contribution in [3.63, 3.8) is 0 Å². The minimum atomic E-state index is -4.13. The van der Waals surface area contributed by atoms with Crippen molar-refractivity contribution in [1.82, 2.24) is 9.80 Å². The van der Waals surface area contributed by atoms with Gasteiger partial charge in [0.25, 0.3) is 0 Å². The summed E-state index contributed by atoms with van der Waals surface area (Å²) in [5.41, 5.74) is 1.02. The fraction of sp³-hybridized carbons (Fsp3) is 0.625. The zero-order chi connectivity index (χ0) is 15.7. The number of rotatable bonds is 2. The summed E-state index contributed by atoms with van der Waals surface area (Å²) in [4.78, 5) is 3.81. The second-order valence-corrected chi connectivity index (χ2v) is 6.64. The molecule has 0 spiro atoms. The second-order valence-electron chi connectivity index (χ2n) is 6.64. The number of alkyl halides is 3. The predicted octanol–water partition coefficient (Wildman–Crippen LogP) is 3.71. The number of nitrogens with zero attached hydrogens (tertiary/aromatic N) is 2. The topological polar surface area (TPSA) is 6.48 Å². The lowest BCUT2D eigenvalue weighted by atomic mass is 9.95. The highest BCUT2D eigenvalue weighted by atomic mass is 19.4. The van der Waals surface area contributed by atoms with E-state index >= 15 is 0 Å². The highest BCUT2D eigenvalue weighted by Gasteiger charge is 2.38.